The van der Waals surface area contributed by atoms with Crippen molar-refractivity contribution in [2.24, 2.45) is 0 Å². The molecule has 43 heavy (non-hydrogen) atoms. The van der Waals surface area contributed by atoms with E-state index in [-0.39, 0.29) is 48.4 Å². The molecule has 1 aliphatic rings. The molecule has 0 aliphatic carbocycles. The number of alkyl carbamates (subject to hydrolysis) is 1. The summed E-state index contributed by atoms with van der Waals surface area (Å²) in [5.41, 5.74) is -1.17. The monoisotopic (exact) mass is 662 g/mol. The Kier molecular flexibility index (Phi) is 10.7. The van der Waals surface area contributed by atoms with Crippen LogP contribution in [-0.2, 0) is 20.4 Å². The zero-order valence-corrected chi connectivity index (χ0v) is 25.6. The molecule has 1 aliphatic heterocycles. The first kappa shape index (κ1) is 33.3. The summed E-state index contributed by atoms with van der Waals surface area (Å²) < 4.78 is 51.4. The molecule has 0 bridgehead atoms. The van der Waals surface area contributed by atoms with Crippen LogP contribution in [0.15, 0.2) is 47.7 Å². The number of allylic oxidation sites excluding steroid dienone is 1. The molecule has 2 aromatic carbocycles. The average molecular weight is 663 g/mol. The fourth-order valence-corrected chi connectivity index (χ4v) is 4.92. The van der Waals surface area contributed by atoms with E-state index in [1.165, 1.54) is 17.0 Å². The minimum absolute atomic E-state index is 0.00476. The number of halogens is 4. The van der Waals surface area contributed by atoms with Gasteiger partial charge in [0.05, 0.1) is 41.1 Å². The van der Waals surface area contributed by atoms with Crippen molar-refractivity contribution in [1.29, 1.82) is 5.26 Å². The van der Waals surface area contributed by atoms with Gasteiger partial charge in [-0.2, -0.15) is 18.4 Å². The molecule has 9 nitrogen and oxygen atoms in total. The average Bonchev–Trinajstić information content (AvgIpc) is 2.94. The molecule has 0 saturated heterocycles. The summed E-state index contributed by atoms with van der Waals surface area (Å²) in [6.07, 6.45) is -5.19. The molecule has 13 heteroatoms. The number of hydrogen-bond acceptors (Lipinski definition) is 6. The van der Waals surface area contributed by atoms with Crippen LogP contribution in [-0.4, -0.2) is 53.6 Å². The third-order valence-corrected chi connectivity index (χ3v) is 6.64. The maximum absolute atomic E-state index is 14.2. The minimum atomic E-state index is -4.72. The van der Waals surface area contributed by atoms with Crippen molar-refractivity contribution in [3.8, 4) is 6.07 Å². The molecule has 1 N–H and O–H groups in total. The van der Waals surface area contributed by atoms with Crippen LogP contribution in [0.1, 0.15) is 56.8 Å². The summed E-state index contributed by atoms with van der Waals surface area (Å²) in [5, 5.41) is 11.8. The molecule has 1 atom stereocenters. The fourth-order valence-electron chi connectivity index (χ4n) is 4.37. The number of carbonyl (C=O) groups is 3. The molecule has 0 unspecified atom stereocenters. The van der Waals surface area contributed by atoms with Crippen LogP contribution in [0.25, 0.3) is 0 Å². The molecule has 0 aromatic heterocycles. The summed E-state index contributed by atoms with van der Waals surface area (Å²) in [5.74, 6) is -0.781. The van der Waals surface area contributed by atoms with Gasteiger partial charge in [-0.25, -0.2) is 14.4 Å². The van der Waals surface area contributed by atoms with Crippen LogP contribution in [0.5, 0.6) is 0 Å². The van der Waals surface area contributed by atoms with Gasteiger partial charge in [-0.15, -0.1) is 0 Å². The fraction of sp³-hybridized carbons (Fsp3) is 0.400. The van der Waals surface area contributed by atoms with Crippen molar-refractivity contribution in [3.05, 3.63) is 76.5 Å². The Balaban J connectivity index is 2.14. The number of nitriles is 1. The van der Waals surface area contributed by atoms with E-state index >= 15 is 0 Å². The van der Waals surface area contributed by atoms with Gasteiger partial charge in [0.25, 0.3) is 0 Å². The Labute approximate surface area is 256 Å². The smallest absolute Gasteiger partial charge is 0.417 e. The van der Waals surface area contributed by atoms with E-state index in [1.54, 1.807) is 39.8 Å². The van der Waals surface area contributed by atoms with Crippen LogP contribution in [0.3, 0.4) is 0 Å². The number of esters is 1. The van der Waals surface area contributed by atoms with Gasteiger partial charge in [-0.05, 0) is 63.9 Å². The Morgan fingerprint density at radius 2 is 1.86 bits per heavy atom. The predicted molar refractivity (Wildman–Crippen MR) is 154 cm³/mol. The maximum Gasteiger partial charge on any atom is 0.417 e. The molecular weight excluding hydrogens is 633 g/mol. The van der Waals surface area contributed by atoms with Gasteiger partial charge < -0.3 is 19.7 Å². The van der Waals surface area contributed by atoms with Crippen molar-refractivity contribution < 1.29 is 37.0 Å². The first-order chi connectivity index (χ1) is 20.2. The number of nitrogens with zero attached hydrogens (tertiary/aromatic N) is 3. The lowest BCUT2D eigenvalue weighted by atomic mass is 9.92. The number of urea groups is 1. The van der Waals surface area contributed by atoms with Crippen molar-refractivity contribution in [2.75, 3.05) is 29.9 Å². The van der Waals surface area contributed by atoms with Gasteiger partial charge in [-0.3, -0.25) is 4.90 Å². The van der Waals surface area contributed by atoms with Gasteiger partial charge in [0.2, 0.25) is 0 Å². The first-order valence-corrected chi connectivity index (χ1v) is 14.4. The van der Waals surface area contributed by atoms with E-state index in [1.807, 2.05) is 6.07 Å². The number of amides is 3. The van der Waals surface area contributed by atoms with E-state index in [4.69, 9.17) is 9.47 Å². The molecule has 3 rings (SSSR count). The molecule has 2 aromatic rings. The highest BCUT2D eigenvalue weighted by Gasteiger charge is 2.44. The second-order valence-corrected chi connectivity index (χ2v) is 10.9. The quantitative estimate of drug-likeness (QED) is 0.192. The number of hydrogen-bond donors (Lipinski definition) is 1. The zero-order chi connectivity index (χ0) is 31.9. The lowest BCUT2D eigenvalue weighted by Crippen LogP contribution is -2.52. The lowest BCUT2D eigenvalue weighted by molar-refractivity contribution is -0.139. The molecule has 1 heterocycles. The number of anilines is 1. The van der Waals surface area contributed by atoms with Crippen LogP contribution < -0.4 is 10.2 Å². The van der Waals surface area contributed by atoms with Crippen LogP contribution in [0, 0.1) is 23.5 Å². The molecule has 0 fully saturated rings. The minimum Gasteiger partial charge on any atom is -0.463 e. The topological polar surface area (TPSA) is 112 Å². The Hall–Kier alpha value is -4.23. The summed E-state index contributed by atoms with van der Waals surface area (Å²) >= 11 is 3.31. The standard InChI is InChI=1S/C30H30BrF3N4O5/c1-5-42-26(39)24-23(17-31)38(22-9-6-8-21(16-22)30(32,33)34)28(41)37(15-7-14-36-27(40)43-29(2,3)4)25(24)20-12-10-19(18-35)11-13-20/h8,10-13,16,25H,5,7,14-15,17H2,1-4H3,(H,36,40)/t25-/m1/s1. The van der Waals surface area contributed by atoms with Crippen molar-refractivity contribution >= 4 is 39.7 Å². The molecular formula is C30H30BrF3N4O5. The number of nitrogens with one attached hydrogen (secondary N) is 1. The number of rotatable bonds is 9. The van der Waals surface area contributed by atoms with Crippen LogP contribution in [0.2, 0.25) is 0 Å². The van der Waals surface area contributed by atoms with Gasteiger partial charge >= 0.3 is 24.3 Å². The van der Waals surface area contributed by atoms with E-state index < -0.39 is 41.5 Å². The Morgan fingerprint density at radius 3 is 2.42 bits per heavy atom. The van der Waals surface area contributed by atoms with Crippen LogP contribution >= 0.6 is 15.9 Å². The molecule has 0 radical (unpaired) electrons. The van der Waals surface area contributed by atoms with E-state index in [9.17, 15) is 32.8 Å². The lowest BCUT2D eigenvalue weighted by Gasteiger charge is -2.43. The molecule has 3 amide bonds. The third-order valence-electron chi connectivity index (χ3n) is 6.11. The number of alkyl halides is 4. The van der Waals surface area contributed by atoms with Gasteiger partial charge in [0, 0.05) is 24.5 Å². The highest BCUT2D eigenvalue weighted by Crippen LogP contribution is 2.41. The van der Waals surface area contributed by atoms with Gasteiger partial charge in [0.1, 0.15) is 11.3 Å². The van der Waals surface area contributed by atoms with Crippen LogP contribution in [0.4, 0.5) is 28.4 Å². The largest absolute Gasteiger partial charge is 0.463 e. The highest BCUT2D eigenvalue weighted by atomic mass is 79.9. The van der Waals surface area contributed by atoms with E-state index in [2.05, 4.69) is 33.4 Å². The molecule has 0 saturated carbocycles. The summed E-state index contributed by atoms with van der Waals surface area (Å²) in [6, 6.07) is 12.8. The first-order valence-electron chi connectivity index (χ1n) is 13.3. The molecule has 0 spiro atoms. The summed E-state index contributed by atoms with van der Waals surface area (Å²) in [6.45, 7) is 6.79. The normalized spacial score (nSPS) is 15.5. The number of carbonyl (C=O) groups excluding carboxylic acids is 3. The van der Waals surface area contributed by atoms with Crippen molar-refractivity contribution in [3.63, 3.8) is 0 Å². The summed E-state index contributed by atoms with van der Waals surface area (Å²) in [4.78, 5) is 42.1. The van der Waals surface area contributed by atoms with E-state index in [0.29, 0.717) is 17.2 Å². The second kappa shape index (κ2) is 13.8. The van der Waals surface area contributed by atoms with E-state index in [0.717, 1.165) is 11.0 Å². The predicted octanol–water partition coefficient (Wildman–Crippen LogP) is 6.29. The van der Waals surface area contributed by atoms with Crippen molar-refractivity contribution in [2.45, 2.75) is 51.9 Å². The third kappa shape index (κ3) is 8.20. The van der Waals surface area contributed by atoms with Gasteiger partial charge in [-0.1, -0.05) is 34.1 Å². The second-order valence-electron chi connectivity index (χ2n) is 10.3. The number of benzene rings is 1. The van der Waals surface area contributed by atoms with Crippen molar-refractivity contribution in [1.82, 2.24) is 10.2 Å². The Morgan fingerprint density at radius 1 is 1.19 bits per heavy atom. The maximum atomic E-state index is 14.2. The molecule has 228 valence electrons. The highest BCUT2D eigenvalue weighted by molar-refractivity contribution is 9.09. The van der Waals surface area contributed by atoms with Gasteiger partial charge in [0.15, 0.2) is 0 Å². The zero-order valence-electron chi connectivity index (χ0n) is 24.0. The number of ether oxygens (including phenoxy) is 2. The summed E-state index contributed by atoms with van der Waals surface area (Å²) in [7, 11) is 0. The SMILES string of the molecule is CCOC(=O)C1=C(CBr)N(c2c#ccc(C(F)(F)F)c2)C(=O)N(CCCNC(=O)OC(C)(C)C)[C@@H]1c1ccc(C#N)cc1. The Bertz CT molecular complexity index is 1410.